The number of rotatable bonds is 5. The van der Waals surface area contributed by atoms with Crippen molar-refractivity contribution < 1.29 is 9.84 Å². The van der Waals surface area contributed by atoms with Crippen LogP contribution in [0.1, 0.15) is 6.42 Å². The van der Waals surface area contributed by atoms with Gasteiger partial charge in [-0.05, 0) is 18.6 Å². The summed E-state index contributed by atoms with van der Waals surface area (Å²) < 4.78 is 5.14. The van der Waals surface area contributed by atoms with E-state index < -0.39 is 0 Å². The Kier molecular flexibility index (Phi) is 4.12. The number of benzene rings is 1. The zero-order chi connectivity index (χ0) is 9.52. The fourth-order valence-corrected chi connectivity index (χ4v) is 1.09. The van der Waals surface area contributed by atoms with Crippen LogP contribution in [0.25, 0.3) is 0 Å². The van der Waals surface area contributed by atoms with Gasteiger partial charge in [-0.25, -0.2) is 5.11 Å². The Morgan fingerprint density at radius 3 is 2.85 bits per heavy atom. The van der Waals surface area contributed by atoms with Crippen LogP contribution in [0, 0.1) is 0 Å². The van der Waals surface area contributed by atoms with Gasteiger partial charge in [-0.1, -0.05) is 12.1 Å². The summed E-state index contributed by atoms with van der Waals surface area (Å²) in [4.78, 5) is 0. The van der Waals surface area contributed by atoms with E-state index in [2.05, 4.69) is 5.32 Å². The maximum absolute atomic E-state index is 10.2. The van der Waals surface area contributed by atoms with Crippen molar-refractivity contribution in [1.82, 2.24) is 0 Å². The molecule has 13 heavy (non-hydrogen) atoms. The molecule has 3 heteroatoms. The summed E-state index contributed by atoms with van der Waals surface area (Å²) in [6, 6.07) is 7.67. The maximum atomic E-state index is 10.2. The number of methoxy groups -OCH3 is 1. The summed E-state index contributed by atoms with van der Waals surface area (Å²) in [6.07, 6.45) is 0.637. The summed E-state index contributed by atoms with van der Waals surface area (Å²) >= 11 is 0. The number of nitrogens with one attached hydrogen (secondary N) is 1. The van der Waals surface area contributed by atoms with Crippen LogP contribution in [0.2, 0.25) is 0 Å². The molecule has 0 aromatic heterocycles. The van der Waals surface area contributed by atoms with Crippen molar-refractivity contribution in [2.45, 2.75) is 6.42 Å². The zero-order valence-corrected chi connectivity index (χ0v) is 7.75. The van der Waals surface area contributed by atoms with E-state index in [1.807, 2.05) is 24.3 Å². The predicted octanol–water partition coefficient (Wildman–Crippen LogP) is 1.93. The predicted molar refractivity (Wildman–Crippen MR) is 51.7 cm³/mol. The van der Waals surface area contributed by atoms with Crippen LogP contribution in [0.15, 0.2) is 24.3 Å². The first-order valence-electron chi connectivity index (χ1n) is 4.33. The van der Waals surface area contributed by atoms with Gasteiger partial charge in [-0.15, -0.1) is 0 Å². The smallest absolute Gasteiger partial charge is 0.141 e. The van der Waals surface area contributed by atoms with Gasteiger partial charge in [0.25, 0.3) is 0 Å². The van der Waals surface area contributed by atoms with Crippen LogP contribution in [0.3, 0.4) is 0 Å². The molecule has 0 atom stereocenters. The molecule has 1 aromatic carbocycles. The Morgan fingerprint density at radius 1 is 1.38 bits per heavy atom. The minimum atomic E-state index is -0.0395. The van der Waals surface area contributed by atoms with E-state index >= 15 is 0 Å². The average Bonchev–Trinajstić information content (AvgIpc) is 2.19. The SMILES string of the molecule is COc1ccccc1NCCC[O]. The highest BCUT2D eigenvalue weighted by Gasteiger charge is 1.98. The highest BCUT2D eigenvalue weighted by molar-refractivity contribution is 5.55. The van der Waals surface area contributed by atoms with Crippen LogP contribution in [0.4, 0.5) is 5.69 Å². The summed E-state index contributed by atoms with van der Waals surface area (Å²) in [5.41, 5.74) is 0.943. The first-order valence-corrected chi connectivity index (χ1v) is 4.33. The highest BCUT2D eigenvalue weighted by Crippen LogP contribution is 2.22. The van der Waals surface area contributed by atoms with Gasteiger partial charge in [-0.2, -0.15) is 0 Å². The molecule has 71 valence electrons. The molecule has 0 bridgehead atoms. The normalized spacial score (nSPS) is 9.69. The second kappa shape index (κ2) is 5.43. The summed E-state index contributed by atoms with van der Waals surface area (Å²) in [6.45, 7) is 0.659. The van der Waals surface area contributed by atoms with Gasteiger partial charge in [0, 0.05) is 6.54 Å². The van der Waals surface area contributed by atoms with Crippen LogP contribution in [0.5, 0.6) is 5.75 Å². The van der Waals surface area contributed by atoms with Crippen LogP contribution in [-0.4, -0.2) is 20.3 Å². The molecular formula is C10H14NO2. The monoisotopic (exact) mass is 180 g/mol. The molecule has 0 fully saturated rings. The van der Waals surface area contributed by atoms with Crippen molar-refractivity contribution in [2.75, 3.05) is 25.6 Å². The Labute approximate surface area is 78.3 Å². The lowest BCUT2D eigenvalue weighted by Crippen LogP contribution is -2.04. The first-order chi connectivity index (χ1) is 6.38. The third-order valence-corrected chi connectivity index (χ3v) is 1.74. The Balaban J connectivity index is 2.54. The van der Waals surface area contributed by atoms with Gasteiger partial charge >= 0.3 is 0 Å². The largest absolute Gasteiger partial charge is 0.495 e. The number of para-hydroxylation sites is 2. The van der Waals surface area contributed by atoms with Crippen LogP contribution >= 0.6 is 0 Å². The molecule has 0 aliphatic rings. The molecule has 0 spiro atoms. The van der Waals surface area contributed by atoms with Crippen LogP contribution in [-0.2, 0) is 5.11 Å². The molecule has 0 saturated heterocycles. The van der Waals surface area contributed by atoms with Gasteiger partial charge in [0.15, 0.2) is 0 Å². The van der Waals surface area contributed by atoms with E-state index in [1.54, 1.807) is 7.11 Å². The van der Waals surface area contributed by atoms with Gasteiger partial charge in [0.1, 0.15) is 5.75 Å². The molecule has 0 aliphatic heterocycles. The molecule has 0 heterocycles. The Hall–Kier alpha value is -1.22. The van der Waals surface area contributed by atoms with E-state index in [-0.39, 0.29) is 6.61 Å². The molecule has 1 radical (unpaired) electrons. The minimum Gasteiger partial charge on any atom is -0.495 e. The zero-order valence-electron chi connectivity index (χ0n) is 7.75. The molecule has 1 aromatic rings. The lowest BCUT2D eigenvalue weighted by atomic mass is 10.3. The molecule has 1 N–H and O–H groups in total. The molecule has 1 rings (SSSR count). The molecular weight excluding hydrogens is 166 g/mol. The molecule has 0 amide bonds. The average molecular weight is 180 g/mol. The highest BCUT2D eigenvalue weighted by atomic mass is 16.5. The quantitative estimate of drug-likeness (QED) is 0.703. The Morgan fingerprint density at radius 2 is 2.15 bits per heavy atom. The van der Waals surface area contributed by atoms with E-state index in [1.165, 1.54) is 0 Å². The maximum Gasteiger partial charge on any atom is 0.141 e. The van der Waals surface area contributed by atoms with E-state index in [9.17, 15) is 5.11 Å². The number of hydrogen-bond donors (Lipinski definition) is 1. The van der Waals surface area contributed by atoms with Crippen molar-refractivity contribution in [2.24, 2.45) is 0 Å². The lowest BCUT2D eigenvalue weighted by Gasteiger charge is -2.09. The third-order valence-electron chi connectivity index (χ3n) is 1.74. The topological polar surface area (TPSA) is 41.2 Å². The second-order valence-corrected chi connectivity index (χ2v) is 2.68. The summed E-state index contributed by atoms with van der Waals surface area (Å²) in [5.74, 6) is 0.813. The number of hydrogen-bond acceptors (Lipinski definition) is 2. The van der Waals surface area contributed by atoms with E-state index in [0.29, 0.717) is 13.0 Å². The molecule has 3 nitrogen and oxygen atoms in total. The van der Waals surface area contributed by atoms with E-state index in [0.717, 1.165) is 11.4 Å². The van der Waals surface area contributed by atoms with Crippen molar-refractivity contribution in [3.8, 4) is 5.75 Å². The van der Waals surface area contributed by atoms with Crippen molar-refractivity contribution >= 4 is 5.69 Å². The van der Waals surface area contributed by atoms with Gasteiger partial charge in [0.05, 0.1) is 19.4 Å². The number of anilines is 1. The second-order valence-electron chi connectivity index (χ2n) is 2.68. The molecule has 0 saturated carbocycles. The lowest BCUT2D eigenvalue weighted by molar-refractivity contribution is 0.192. The van der Waals surface area contributed by atoms with Gasteiger partial charge in [0.2, 0.25) is 0 Å². The first kappa shape index (κ1) is 9.86. The minimum absolute atomic E-state index is 0.0395. The molecule has 0 unspecified atom stereocenters. The number of ether oxygens (including phenoxy) is 1. The standard InChI is InChI=1S/C10H14NO2/c1-13-10-6-3-2-5-9(10)11-7-4-8-12/h2-3,5-6,11H,4,7-8H2,1H3. The third kappa shape index (κ3) is 2.95. The van der Waals surface area contributed by atoms with Gasteiger partial charge < -0.3 is 10.1 Å². The Bertz CT molecular complexity index is 250. The van der Waals surface area contributed by atoms with Crippen molar-refractivity contribution in [3.63, 3.8) is 0 Å². The van der Waals surface area contributed by atoms with Gasteiger partial charge in [-0.3, -0.25) is 0 Å². The van der Waals surface area contributed by atoms with E-state index in [4.69, 9.17) is 4.74 Å². The molecule has 0 aliphatic carbocycles. The fraction of sp³-hybridized carbons (Fsp3) is 0.400. The van der Waals surface area contributed by atoms with Crippen molar-refractivity contribution in [1.29, 1.82) is 0 Å². The fourth-order valence-electron chi connectivity index (χ4n) is 1.09. The summed E-state index contributed by atoms with van der Waals surface area (Å²) in [7, 11) is 1.63. The van der Waals surface area contributed by atoms with Crippen molar-refractivity contribution in [3.05, 3.63) is 24.3 Å². The van der Waals surface area contributed by atoms with Crippen LogP contribution < -0.4 is 10.1 Å². The summed E-state index contributed by atoms with van der Waals surface area (Å²) in [5, 5.41) is 13.3.